The van der Waals surface area contributed by atoms with Gasteiger partial charge in [-0.2, -0.15) is 0 Å². The van der Waals surface area contributed by atoms with Crippen molar-refractivity contribution in [1.29, 1.82) is 0 Å². The summed E-state index contributed by atoms with van der Waals surface area (Å²) in [6, 6.07) is 9.06. The van der Waals surface area contributed by atoms with Crippen molar-refractivity contribution in [2.24, 2.45) is 0 Å². The van der Waals surface area contributed by atoms with Crippen molar-refractivity contribution in [1.82, 2.24) is 26.7 Å². The fraction of sp³-hybridized carbons (Fsp3) is 0.231. The number of nitrogens with one attached hydrogen (secondary N) is 6. The van der Waals surface area contributed by atoms with E-state index in [9.17, 15) is 28.0 Å². The zero-order chi connectivity index (χ0) is 29.0. The predicted octanol–water partition coefficient (Wildman–Crippen LogP) is 1.40. The largest absolute Gasteiger partial charge is 0.341 e. The third-order valence-electron chi connectivity index (χ3n) is 5.30. The van der Waals surface area contributed by atoms with Gasteiger partial charge in [0.1, 0.15) is 11.6 Å². The molecule has 0 saturated heterocycles. The number of benzene rings is 2. The molecule has 2 unspecified atom stereocenters. The van der Waals surface area contributed by atoms with Gasteiger partial charge in [0, 0.05) is 36.5 Å². The minimum atomic E-state index is -3.30. The lowest BCUT2D eigenvalue weighted by Crippen LogP contribution is -2.69. The molecule has 204 valence electrons. The number of alkyl halides is 2. The van der Waals surface area contributed by atoms with Crippen LogP contribution in [-0.2, 0) is 4.79 Å². The molecule has 39 heavy (non-hydrogen) atoms. The number of rotatable bonds is 7. The van der Waals surface area contributed by atoms with E-state index < -0.39 is 35.9 Å². The molecule has 0 aliphatic carbocycles. The first kappa shape index (κ1) is 30.1. The first-order valence-electron chi connectivity index (χ1n) is 11.3. The van der Waals surface area contributed by atoms with Gasteiger partial charge in [0.15, 0.2) is 0 Å². The van der Waals surface area contributed by atoms with Crippen LogP contribution in [0, 0.1) is 23.7 Å². The molecule has 0 fully saturated rings. The third kappa shape index (κ3) is 8.45. The summed E-state index contributed by atoms with van der Waals surface area (Å²) in [6.45, 7) is 0.850. The Hall–Kier alpha value is -5.14. The molecule has 13 heteroatoms. The maximum Gasteiger partial charge on any atom is 0.318 e. The van der Waals surface area contributed by atoms with Gasteiger partial charge in [-0.3, -0.25) is 14.8 Å². The van der Waals surface area contributed by atoms with E-state index in [4.69, 9.17) is 5.21 Å². The molecule has 6 amide bonds. The van der Waals surface area contributed by atoms with Gasteiger partial charge >= 0.3 is 12.1 Å². The molecule has 2 aromatic carbocycles. The lowest BCUT2D eigenvalue weighted by molar-refractivity contribution is -0.135. The van der Waals surface area contributed by atoms with Gasteiger partial charge in [0.05, 0.1) is 0 Å². The summed E-state index contributed by atoms with van der Waals surface area (Å²) >= 11 is 0. The van der Waals surface area contributed by atoms with Gasteiger partial charge in [-0.15, -0.1) is 0 Å². The van der Waals surface area contributed by atoms with E-state index in [1.807, 2.05) is 5.32 Å². The van der Waals surface area contributed by atoms with Gasteiger partial charge in [-0.25, -0.2) is 23.9 Å². The highest BCUT2D eigenvalue weighted by atomic mass is 19.3. The number of hydrogen-bond acceptors (Lipinski definition) is 5. The molecule has 0 spiro atoms. The molecule has 0 aliphatic heterocycles. The van der Waals surface area contributed by atoms with Crippen molar-refractivity contribution < 1.29 is 33.2 Å². The summed E-state index contributed by atoms with van der Waals surface area (Å²) in [5, 5.41) is 20.2. The second-order valence-corrected chi connectivity index (χ2v) is 8.03. The third-order valence-corrected chi connectivity index (χ3v) is 5.30. The Labute approximate surface area is 223 Å². The molecule has 0 bridgehead atoms. The summed E-state index contributed by atoms with van der Waals surface area (Å²) in [5.41, 5.74) is 0.429. The molecule has 0 aromatic heterocycles. The van der Waals surface area contributed by atoms with Crippen LogP contribution in [0.5, 0.6) is 0 Å². The topological polar surface area (TPSA) is 161 Å². The van der Waals surface area contributed by atoms with E-state index in [-0.39, 0.29) is 11.6 Å². The van der Waals surface area contributed by atoms with Crippen LogP contribution in [0.1, 0.15) is 28.4 Å². The molecule has 7 N–H and O–H groups in total. The normalized spacial score (nSPS) is 12.2. The molecule has 2 atom stereocenters. The zero-order valence-corrected chi connectivity index (χ0v) is 21.1. The van der Waals surface area contributed by atoms with Crippen LogP contribution in [-0.4, -0.2) is 61.2 Å². The Morgan fingerprint density at radius 1 is 0.846 bits per heavy atom. The average molecular weight is 541 g/mol. The maximum absolute atomic E-state index is 13.9. The Kier molecular flexibility index (Phi) is 10.8. The number of hydrogen-bond donors (Lipinski definition) is 7. The van der Waals surface area contributed by atoms with E-state index in [2.05, 4.69) is 44.9 Å². The average Bonchev–Trinajstić information content (AvgIpc) is 2.94. The van der Waals surface area contributed by atoms with Gasteiger partial charge in [0.2, 0.25) is 0 Å². The van der Waals surface area contributed by atoms with Crippen molar-refractivity contribution in [3.63, 3.8) is 0 Å². The van der Waals surface area contributed by atoms with E-state index in [1.165, 1.54) is 43.8 Å². The Balaban J connectivity index is 2.12. The predicted molar refractivity (Wildman–Crippen MR) is 138 cm³/mol. The quantitative estimate of drug-likeness (QED) is 0.160. The number of urea groups is 2. The van der Waals surface area contributed by atoms with Gasteiger partial charge in [-0.1, -0.05) is 11.8 Å². The zero-order valence-electron chi connectivity index (χ0n) is 21.1. The summed E-state index contributed by atoms with van der Waals surface area (Å²) in [7, 11) is 2.69. The van der Waals surface area contributed by atoms with Gasteiger partial charge in [0.25, 0.3) is 18.2 Å². The van der Waals surface area contributed by atoms with Crippen molar-refractivity contribution >= 4 is 29.6 Å². The van der Waals surface area contributed by atoms with Crippen molar-refractivity contribution in [3.05, 3.63) is 65.2 Å². The van der Waals surface area contributed by atoms with Crippen LogP contribution in [0.3, 0.4) is 0 Å². The lowest BCUT2D eigenvalue weighted by atomic mass is 9.91. The number of hydroxylamine groups is 1. The SMILES string of the molecule is CNC(=O)Nc1ccc(C#CC#Cc2ccc(C(=O)NC(C(=O)NO)C(C)(NC(=O)NC)C(F)F)cc2)cc1. The van der Waals surface area contributed by atoms with Crippen LogP contribution >= 0.6 is 0 Å². The lowest BCUT2D eigenvalue weighted by Gasteiger charge is -2.36. The first-order valence-corrected chi connectivity index (χ1v) is 11.3. The minimum Gasteiger partial charge on any atom is -0.341 e. The van der Waals surface area contributed by atoms with Crippen LogP contribution in [0.15, 0.2) is 48.5 Å². The van der Waals surface area contributed by atoms with Crippen molar-refractivity contribution in [3.8, 4) is 23.7 Å². The number of carbonyl (C=O) groups excluding carboxylic acids is 4. The number of amides is 6. The van der Waals surface area contributed by atoms with Gasteiger partial charge < -0.3 is 26.6 Å². The molecule has 0 radical (unpaired) electrons. The summed E-state index contributed by atoms with van der Waals surface area (Å²) in [6.07, 6.45) is -3.30. The molecule has 0 heterocycles. The Morgan fingerprint density at radius 2 is 1.36 bits per heavy atom. The molecule has 0 aliphatic rings. The Bertz CT molecular complexity index is 1330. The molecule has 2 rings (SSSR count). The smallest absolute Gasteiger partial charge is 0.318 e. The van der Waals surface area contributed by atoms with E-state index >= 15 is 0 Å². The van der Waals surface area contributed by atoms with Crippen LogP contribution in [0.4, 0.5) is 24.1 Å². The summed E-state index contributed by atoms with van der Waals surface area (Å²) in [5.74, 6) is 8.71. The van der Waals surface area contributed by atoms with Crippen molar-refractivity contribution in [2.45, 2.75) is 24.9 Å². The van der Waals surface area contributed by atoms with Crippen molar-refractivity contribution in [2.75, 3.05) is 19.4 Å². The summed E-state index contributed by atoms with van der Waals surface area (Å²) < 4.78 is 27.7. The van der Waals surface area contributed by atoms with E-state index in [0.29, 0.717) is 16.8 Å². The highest BCUT2D eigenvalue weighted by molar-refractivity contribution is 5.98. The number of anilines is 1. The molecular formula is C26H26F2N6O5. The van der Waals surface area contributed by atoms with Crippen LogP contribution in [0.25, 0.3) is 0 Å². The second kappa shape index (κ2) is 14.0. The minimum absolute atomic E-state index is 0.00406. The highest BCUT2D eigenvalue weighted by Crippen LogP contribution is 2.21. The molecular weight excluding hydrogens is 514 g/mol. The number of carbonyl (C=O) groups is 4. The molecule has 11 nitrogen and oxygen atoms in total. The van der Waals surface area contributed by atoms with E-state index in [1.54, 1.807) is 24.3 Å². The van der Waals surface area contributed by atoms with Gasteiger partial charge in [-0.05, 0) is 67.3 Å². The van der Waals surface area contributed by atoms with Crippen LogP contribution < -0.4 is 32.1 Å². The molecule has 0 saturated carbocycles. The fourth-order valence-corrected chi connectivity index (χ4v) is 3.07. The van der Waals surface area contributed by atoms with E-state index in [0.717, 1.165) is 6.92 Å². The Morgan fingerprint density at radius 3 is 1.82 bits per heavy atom. The standard InChI is InChI=1S/C26H26F2N6O5/c1-26(23(27)28,33-25(38)30-3)20(22(36)34-39)32-21(35)18-12-8-16(9-13-18)6-4-5-7-17-10-14-19(15-11-17)31-24(37)29-2/h8-15,20,23,39H,1-3H3,(H,32,35)(H,34,36)(H2,29,31,37)(H2,30,33,38). The maximum atomic E-state index is 13.9. The molecule has 2 aromatic rings. The fourth-order valence-electron chi connectivity index (χ4n) is 3.07. The summed E-state index contributed by atoms with van der Waals surface area (Å²) in [4.78, 5) is 47.8. The number of halogens is 2. The second-order valence-electron chi connectivity index (χ2n) is 8.03. The highest BCUT2D eigenvalue weighted by Gasteiger charge is 2.48. The van der Waals surface area contributed by atoms with Crippen LogP contribution in [0.2, 0.25) is 0 Å². The first-order chi connectivity index (χ1) is 18.5. The monoisotopic (exact) mass is 540 g/mol.